The summed E-state index contributed by atoms with van der Waals surface area (Å²) in [6.07, 6.45) is 4.66. The number of carbonyl (C=O) groups is 1. The molecule has 1 aliphatic rings. The van der Waals surface area contributed by atoms with E-state index in [0.29, 0.717) is 18.0 Å². The molecule has 1 amide bonds. The van der Waals surface area contributed by atoms with E-state index < -0.39 is 0 Å². The molecule has 1 unspecified atom stereocenters. The molecule has 0 radical (unpaired) electrons. The normalized spacial score (nSPS) is 16.0. The molecule has 3 heterocycles. The van der Waals surface area contributed by atoms with Gasteiger partial charge in [-0.3, -0.25) is 4.79 Å². The molecule has 0 spiro atoms. The first-order valence-corrected chi connectivity index (χ1v) is 11.0. The van der Waals surface area contributed by atoms with Crippen LogP contribution in [0.1, 0.15) is 33.6 Å². The molecule has 7 nitrogen and oxygen atoms in total. The van der Waals surface area contributed by atoms with Gasteiger partial charge in [0, 0.05) is 19.7 Å². The Morgan fingerprint density at radius 3 is 3.07 bits per heavy atom. The summed E-state index contributed by atoms with van der Waals surface area (Å²) < 4.78 is 10.9. The molecule has 158 valence electrons. The number of fused-ring (bicyclic) bond motifs is 1. The van der Waals surface area contributed by atoms with Gasteiger partial charge in [-0.1, -0.05) is 12.1 Å². The third-order valence-corrected chi connectivity index (χ3v) is 6.49. The highest BCUT2D eigenvalue weighted by molar-refractivity contribution is 7.20. The first-order chi connectivity index (χ1) is 14.7. The topological polar surface area (TPSA) is 85.4 Å². The van der Waals surface area contributed by atoms with E-state index in [-0.39, 0.29) is 12.0 Å². The number of hydrogen-bond donors (Lipinski definition) is 2. The highest BCUT2D eigenvalue weighted by Gasteiger charge is 2.20. The van der Waals surface area contributed by atoms with Crippen LogP contribution >= 0.6 is 11.3 Å². The van der Waals surface area contributed by atoms with Crippen LogP contribution in [0.3, 0.4) is 0 Å². The van der Waals surface area contributed by atoms with Gasteiger partial charge in [-0.2, -0.15) is 0 Å². The summed E-state index contributed by atoms with van der Waals surface area (Å²) in [6, 6.07) is 7.88. The van der Waals surface area contributed by atoms with Gasteiger partial charge in [0.05, 0.1) is 23.5 Å². The number of benzene rings is 1. The number of thiophene rings is 1. The van der Waals surface area contributed by atoms with E-state index in [4.69, 9.17) is 9.47 Å². The van der Waals surface area contributed by atoms with Crippen molar-refractivity contribution < 1.29 is 14.3 Å². The Kier molecular flexibility index (Phi) is 6.44. The highest BCUT2D eigenvalue weighted by Crippen LogP contribution is 2.33. The Labute approximate surface area is 179 Å². The Balaban J connectivity index is 1.43. The van der Waals surface area contributed by atoms with Crippen LogP contribution < -0.4 is 15.4 Å². The number of nitrogens with zero attached hydrogens (tertiary/aromatic N) is 2. The maximum Gasteiger partial charge on any atom is 0.261 e. The molecule has 2 N–H and O–H groups in total. The SMILES string of the molecule is COc1cccc(CCNC(=O)c2sc3ncnc(NCC4CCCO4)c3c2C)c1. The van der Waals surface area contributed by atoms with E-state index in [2.05, 4.69) is 20.6 Å². The van der Waals surface area contributed by atoms with Crippen molar-refractivity contribution in [3.63, 3.8) is 0 Å². The number of nitrogens with one attached hydrogen (secondary N) is 2. The standard InChI is InChI=1S/C22H26N4O3S/c1-14-18-20(24-12-17-7-4-10-29-17)25-13-26-22(18)30-19(14)21(27)23-9-8-15-5-3-6-16(11-15)28-2/h3,5-6,11,13,17H,4,7-10,12H2,1-2H3,(H,23,27)(H,24,25,26). The predicted octanol–water partition coefficient (Wildman–Crippen LogP) is 3.57. The van der Waals surface area contributed by atoms with Gasteiger partial charge < -0.3 is 20.1 Å². The number of carbonyl (C=O) groups excluding carboxylic acids is 1. The molecule has 1 saturated heterocycles. The van der Waals surface area contributed by atoms with Crippen molar-refractivity contribution in [3.8, 4) is 5.75 Å². The monoisotopic (exact) mass is 426 g/mol. The number of anilines is 1. The first-order valence-electron chi connectivity index (χ1n) is 10.2. The quantitative estimate of drug-likeness (QED) is 0.573. The molecule has 0 aliphatic carbocycles. The molecule has 3 aromatic rings. The van der Waals surface area contributed by atoms with Gasteiger partial charge in [0.2, 0.25) is 0 Å². The molecule has 1 atom stereocenters. The number of methoxy groups -OCH3 is 1. The summed E-state index contributed by atoms with van der Waals surface area (Å²) in [4.78, 5) is 23.1. The van der Waals surface area contributed by atoms with Crippen molar-refractivity contribution >= 4 is 33.3 Å². The number of hydrogen-bond acceptors (Lipinski definition) is 7. The molecule has 2 aromatic heterocycles. The minimum absolute atomic E-state index is 0.0801. The minimum Gasteiger partial charge on any atom is -0.497 e. The summed E-state index contributed by atoms with van der Waals surface area (Å²) in [5, 5.41) is 7.33. The van der Waals surface area contributed by atoms with Crippen LogP contribution in [-0.2, 0) is 11.2 Å². The number of aryl methyl sites for hydroxylation is 1. The summed E-state index contributed by atoms with van der Waals surface area (Å²) in [5.74, 6) is 1.50. The van der Waals surface area contributed by atoms with Crippen LogP contribution in [0.5, 0.6) is 5.75 Å². The van der Waals surface area contributed by atoms with Crippen molar-refractivity contribution in [1.82, 2.24) is 15.3 Å². The van der Waals surface area contributed by atoms with Gasteiger partial charge in [-0.25, -0.2) is 9.97 Å². The molecular weight excluding hydrogens is 400 g/mol. The number of rotatable bonds is 8. The van der Waals surface area contributed by atoms with Crippen molar-refractivity contribution in [2.45, 2.75) is 32.3 Å². The van der Waals surface area contributed by atoms with Gasteiger partial charge in [-0.15, -0.1) is 11.3 Å². The first kappa shape index (κ1) is 20.6. The zero-order valence-electron chi connectivity index (χ0n) is 17.2. The lowest BCUT2D eigenvalue weighted by Gasteiger charge is -2.12. The number of aromatic nitrogens is 2. The van der Waals surface area contributed by atoms with Crippen LogP contribution in [0, 0.1) is 6.92 Å². The second kappa shape index (κ2) is 9.40. The van der Waals surface area contributed by atoms with Gasteiger partial charge in [0.25, 0.3) is 5.91 Å². The van der Waals surface area contributed by atoms with E-state index in [1.54, 1.807) is 13.4 Å². The van der Waals surface area contributed by atoms with E-state index in [9.17, 15) is 4.79 Å². The smallest absolute Gasteiger partial charge is 0.261 e. The van der Waals surface area contributed by atoms with Gasteiger partial charge in [0.15, 0.2) is 0 Å². The summed E-state index contributed by atoms with van der Waals surface area (Å²) >= 11 is 1.40. The maximum atomic E-state index is 12.8. The average Bonchev–Trinajstić information content (AvgIpc) is 3.40. The highest BCUT2D eigenvalue weighted by atomic mass is 32.1. The van der Waals surface area contributed by atoms with Crippen LogP contribution in [0.15, 0.2) is 30.6 Å². The predicted molar refractivity (Wildman–Crippen MR) is 119 cm³/mol. The zero-order chi connectivity index (χ0) is 20.9. The third-order valence-electron chi connectivity index (χ3n) is 5.29. The maximum absolute atomic E-state index is 12.8. The fraction of sp³-hybridized carbons (Fsp3) is 0.409. The molecule has 0 saturated carbocycles. The molecule has 4 rings (SSSR count). The van der Waals surface area contributed by atoms with Crippen LogP contribution in [0.4, 0.5) is 5.82 Å². The van der Waals surface area contributed by atoms with E-state index in [0.717, 1.165) is 58.8 Å². The van der Waals surface area contributed by atoms with E-state index in [1.165, 1.54) is 11.3 Å². The van der Waals surface area contributed by atoms with Crippen LogP contribution in [0.25, 0.3) is 10.2 Å². The largest absolute Gasteiger partial charge is 0.497 e. The van der Waals surface area contributed by atoms with Crippen LogP contribution in [-0.4, -0.2) is 48.8 Å². The lowest BCUT2D eigenvalue weighted by Crippen LogP contribution is -2.25. The third kappa shape index (κ3) is 4.55. The summed E-state index contributed by atoms with van der Waals surface area (Å²) in [7, 11) is 1.65. The fourth-order valence-electron chi connectivity index (χ4n) is 3.67. The average molecular weight is 427 g/mol. The van der Waals surface area contributed by atoms with Crippen molar-refractivity contribution in [1.29, 1.82) is 0 Å². The lowest BCUT2D eigenvalue weighted by molar-refractivity contribution is 0.0957. The van der Waals surface area contributed by atoms with Gasteiger partial charge >= 0.3 is 0 Å². The fourth-order valence-corrected chi connectivity index (χ4v) is 4.73. The van der Waals surface area contributed by atoms with E-state index >= 15 is 0 Å². The Hall–Kier alpha value is -2.71. The summed E-state index contributed by atoms with van der Waals surface area (Å²) in [6.45, 7) is 4.04. The molecular formula is C22H26N4O3S. The molecule has 1 aliphatic heterocycles. The van der Waals surface area contributed by atoms with E-state index in [1.807, 2.05) is 31.2 Å². The molecule has 30 heavy (non-hydrogen) atoms. The zero-order valence-corrected chi connectivity index (χ0v) is 18.1. The van der Waals surface area contributed by atoms with Crippen LogP contribution in [0.2, 0.25) is 0 Å². The molecule has 8 heteroatoms. The van der Waals surface area contributed by atoms with Crippen molar-refractivity contribution in [3.05, 3.63) is 46.6 Å². The summed E-state index contributed by atoms with van der Waals surface area (Å²) in [5.41, 5.74) is 2.03. The molecule has 0 bridgehead atoms. The Morgan fingerprint density at radius 1 is 1.37 bits per heavy atom. The molecule has 1 fully saturated rings. The van der Waals surface area contributed by atoms with Gasteiger partial charge in [-0.05, 0) is 49.4 Å². The second-order valence-corrected chi connectivity index (χ2v) is 8.33. The second-order valence-electron chi connectivity index (χ2n) is 7.33. The minimum atomic E-state index is -0.0801. The van der Waals surface area contributed by atoms with Crippen molar-refractivity contribution in [2.24, 2.45) is 0 Å². The lowest BCUT2D eigenvalue weighted by atomic mass is 10.1. The molecule has 1 aromatic carbocycles. The number of amides is 1. The van der Waals surface area contributed by atoms with Crippen molar-refractivity contribution in [2.75, 3.05) is 32.1 Å². The Bertz CT molecular complexity index is 1030. The number of ether oxygens (including phenoxy) is 2. The Morgan fingerprint density at radius 2 is 2.27 bits per heavy atom. The van der Waals surface area contributed by atoms with Gasteiger partial charge in [0.1, 0.15) is 22.7 Å².